The zero-order valence-electron chi connectivity index (χ0n) is 12.1. The second-order valence-electron chi connectivity index (χ2n) is 4.46. The first-order valence-corrected chi connectivity index (χ1v) is 7.29. The minimum atomic E-state index is -0.142. The van der Waals surface area contributed by atoms with Crippen LogP contribution in [0.4, 0.5) is 0 Å². The smallest absolute Gasteiger partial charge is 0.276 e. The Balaban J connectivity index is 2.52. The average Bonchev–Trinajstić information content (AvgIpc) is 2.65. The van der Waals surface area contributed by atoms with Crippen molar-refractivity contribution >= 4 is 45.2 Å². The first kappa shape index (κ1) is 15.8. The molecule has 21 heavy (non-hydrogen) atoms. The minimum absolute atomic E-state index is 0.142. The molecule has 0 saturated carbocycles. The number of thiocarbonyl (C=S) groups is 1. The average molecular weight is 371 g/mol. The summed E-state index contributed by atoms with van der Waals surface area (Å²) >= 11 is 8.62. The third-order valence-electron chi connectivity index (χ3n) is 3.26. The van der Waals surface area contributed by atoms with E-state index in [4.69, 9.17) is 21.7 Å². The molecule has 0 aliphatic carbocycles. The largest absolute Gasteiger partial charge is 0.496 e. The Morgan fingerprint density at radius 2 is 1.76 bits per heavy atom. The van der Waals surface area contributed by atoms with E-state index in [1.54, 1.807) is 45.4 Å². The summed E-state index contributed by atoms with van der Waals surface area (Å²) in [6, 6.07) is 3.60. The van der Waals surface area contributed by atoms with E-state index in [0.717, 1.165) is 10.0 Å². The molecule has 1 aromatic carbocycles. The van der Waals surface area contributed by atoms with Crippen LogP contribution in [0, 0.1) is 0 Å². The van der Waals surface area contributed by atoms with Crippen molar-refractivity contribution < 1.29 is 14.3 Å². The lowest BCUT2D eigenvalue weighted by Gasteiger charge is -2.13. The van der Waals surface area contributed by atoms with Crippen molar-refractivity contribution in [3.05, 3.63) is 27.9 Å². The number of benzene rings is 1. The highest BCUT2D eigenvalue weighted by molar-refractivity contribution is 9.10. The number of hydrogen-bond donors (Lipinski definition) is 0. The number of carbonyl (C=O) groups excluding carboxylic acids is 1. The number of likely N-dealkylation sites (N-methyl/N-ethyl adjacent to an activating group) is 2. The number of ether oxygens (including phenoxy) is 2. The van der Waals surface area contributed by atoms with Gasteiger partial charge in [-0.25, -0.2) is 0 Å². The van der Waals surface area contributed by atoms with Crippen molar-refractivity contribution in [3.8, 4) is 11.5 Å². The molecule has 112 valence electrons. The minimum Gasteiger partial charge on any atom is -0.496 e. The molecule has 1 fully saturated rings. The Morgan fingerprint density at radius 3 is 2.24 bits per heavy atom. The van der Waals surface area contributed by atoms with E-state index in [1.807, 2.05) is 6.07 Å². The van der Waals surface area contributed by atoms with Crippen molar-refractivity contribution in [1.82, 2.24) is 9.80 Å². The number of methoxy groups -OCH3 is 2. The summed E-state index contributed by atoms with van der Waals surface area (Å²) in [6.45, 7) is 0. The van der Waals surface area contributed by atoms with Crippen LogP contribution in [0.2, 0.25) is 0 Å². The number of amides is 1. The van der Waals surface area contributed by atoms with Gasteiger partial charge in [-0.3, -0.25) is 9.69 Å². The summed E-state index contributed by atoms with van der Waals surface area (Å²) in [4.78, 5) is 15.3. The standard InChI is InChI=1S/C14H15BrN2O3S/c1-16-10(13(18)17(2)14(16)21)6-8-5-9(15)12(20-4)7-11(8)19-3/h5-7H,1-4H3/b10-6+. The lowest BCUT2D eigenvalue weighted by Crippen LogP contribution is -2.26. The van der Waals surface area contributed by atoms with Gasteiger partial charge < -0.3 is 14.4 Å². The molecule has 1 aromatic rings. The van der Waals surface area contributed by atoms with Crippen molar-refractivity contribution in [2.75, 3.05) is 28.3 Å². The van der Waals surface area contributed by atoms with E-state index in [9.17, 15) is 4.79 Å². The maximum absolute atomic E-state index is 12.2. The second kappa shape index (κ2) is 6.03. The van der Waals surface area contributed by atoms with Crippen LogP contribution in [-0.2, 0) is 4.79 Å². The SMILES string of the molecule is COc1cc(OC)c(/C=C2\C(=O)N(C)C(=S)N2C)cc1Br. The molecule has 1 heterocycles. The Kier molecular flexibility index (Phi) is 4.53. The second-order valence-corrected chi connectivity index (χ2v) is 5.68. The summed E-state index contributed by atoms with van der Waals surface area (Å²) in [5.41, 5.74) is 1.26. The molecule has 1 aliphatic heterocycles. The fourth-order valence-electron chi connectivity index (χ4n) is 2.03. The first-order chi connectivity index (χ1) is 9.90. The lowest BCUT2D eigenvalue weighted by atomic mass is 10.1. The molecule has 0 radical (unpaired) electrons. The Hall–Kier alpha value is -1.60. The molecule has 0 N–H and O–H groups in total. The molecule has 7 heteroatoms. The highest BCUT2D eigenvalue weighted by atomic mass is 79.9. The quantitative estimate of drug-likeness (QED) is 0.603. The first-order valence-electron chi connectivity index (χ1n) is 6.09. The molecular formula is C14H15BrN2O3S. The van der Waals surface area contributed by atoms with Crippen LogP contribution in [0.25, 0.3) is 6.08 Å². The topological polar surface area (TPSA) is 42.0 Å². The highest BCUT2D eigenvalue weighted by Gasteiger charge is 2.33. The maximum Gasteiger partial charge on any atom is 0.276 e. The van der Waals surface area contributed by atoms with Gasteiger partial charge in [-0.1, -0.05) is 0 Å². The van der Waals surface area contributed by atoms with Gasteiger partial charge in [0, 0.05) is 25.7 Å². The maximum atomic E-state index is 12.2. The summed E-state index contributed by atoms with van der Waals surface area (Å²) in [6.07, 6.45) is 1.75. The molecule has 0 spiro atoms. The van der Waals surface area contributed by atoms with Gasteiger partial charge >= 0.3 is 0 Å². The molecule has 1 saturated heterocycles. The summed E-state index contributed by atoms with van der Waals surface area (Å²) in [5.74, 6) is 1.13. The van der Waals surface area contributed by atoms with Gasteiger partial charge in [-0.2, -0.15) is 0 Å². The summed E-state index contributed by atoms with van der Waals surface area (Å²) in [7, 11) is 6.57. The third kappa shape index (κ3) is 2.75. The van der Waals surface area contributed by atoms with E-state index < -0.39 is 0 Å². The van der Waals surface area contributed by atoms with Gasteiger partial charge in [0.1, 0.15) is 17.2 Å². The van der Waals surface area contributed by atoms with Gasteiger partial charge in [0.25, 0.3) is 5.91 Å². The Morgan fingerprint density at radius 1 is 1.14 bits per heavy atom. The number of rotatable bonds is 3. The van der Waals surface area contributed by atoms with Crippen molar-refractivity contribution in [1.29, 1.82) is 0 Å². The fraction of sp³-hybridized carbons (Fsp3) is 0.286. The van der Waals surface area contributed by atoms with Gasteiger partial charge in [0.15, 0.2) is 5.11 Å². The third-order valence-corrected chi connectivity index (χ3v) is 4.42. The summed E-state index contributed by atoms with van der Waals surface area (Å²) in [5, 5.41) is 0.470. The molecule has 0 bridgehead atoms. The number of nitrogens with zero attached hydrogens (tertiary/aromatic N) is 2. The van der Waals surface area contributed by atoms with Crippen LogP contribution >= 0.6 is 28.1 Å². The number of carbonyl (C=O) groups is 1. The Bertz CT molecular complexity index is 645. The normalized spacial score (nSPS) is 16.9. The van der Waals surface area contributed by atoms with E-state index >= 15 is 0 Å². The predicted octanol–water partition coefficient (Wildman–Crippen LogP) is 2.50. The van der Waals surface area contributed by atoms with Gasteiger partial charge in [0.05, 0.1) is 18.7 Å². The van der Waals surface area contributed by atoms with Gasteiger partial charge in [0.2, 0.25) is 0 Å². The van der Waals surface area contributed by atoms with E-state index in [2.05, 4.69) is 15.9 Å². The number of hydrogen-bond acceptors (Lipinski definition) is 4. The molecule has 0 atom stereocenters. The van der Waals surface area contributed by atoms with E-state index in [0.29, 0.717) is 22.3 Å². The molecule has 1 amide bonds. The van der Waals surface area contributed by atoms with Gasteiger partial charge in [-0.15, -0.1) is 0 Å². The molecular weight excluding hydrogens is 356 g/mol. The van der Waals surface area contributed by atoms with E-state index in [-0.39, 0.29) is 5.91 Å². The molecule has 0 aromatic heterocycles. The van der Waals surface area contributed by atoms with E-state index in [1.165, 1.54) is 4.90 Å². The van der Waals surface area contributed by atoms with Crippen molar-refractivity contribution in [2.45, 2.75) is 0 Å². The predicted molar refractivity (Wildman–Crippen MR) is 88.4 cm³/mol. The van der Waals surface area contributed by atoms with Crippen LogP contribution in [0.1, 0.15) is 5.56 Å². The number of halogens is 1. The summed E-state index contributed by atoms with van der Waals surface area (Å²) < 4.78 is 11.4. The van der Waals surface area contributed by atoms with Crippen LogP contribution in [-0.4, -0.2) is 49.1 Å². The molecule has 1 aliphatic rings. The lowest BCUT2D eigenvalue weighted by molar-refractivity contribution is -0.121. The monoisotopic (exact) mass is 370 g/mol. The zero-order valence-corrected chi connectivity index (χ0v) is 14.5. The fourth-order valence-corrected chi connectivity index (χ4v) is 2.74. The molecule has 0 unspecified atom stereocenters. The molecule has 5 nitrogen and oxygen atoms in total. The van der Waals surface area contributed by atoms with Crippen molar-refractivity contribution in [2.24, 2.45) is 0 Å². The van der Waals surface area contributed by atoms with Crippen LogP contribution in [0.5, 0.6) is 11.5 Å². The van der Waals surface area contributed by atoms with Crippen LogP contribution in [0.15, 0.2) is 22.3 Å². The van der Waals surface area contributed by atoms with Gasteiger partial charge in [-0.05, 0) is 40.3 Å². The highest BCUT2D eigenvalue weighted by Crippen LogP contribution is 2.34. The molecule has 2 rings (SSSR count). The van der Waals surface area contributed by atoms with Crippen LogP contribution < -0.4 is 9.47 Å². The Labute approximate surface area is 137 Å². The zero-order chi connectivity index (χ0) is 15.7. The van der Waals surface area contributed by atoms with Crippen molar-refractivity contribution in [3.63, 3.8) is 0 Å². The van der Waals surface area contributed by atoms with Crippen LogP contribution in [0.3, 0.4) is 0 Å².